The lowest BCUT2D eigenvalue weighted by molar-refractivity contribution is -0.137. The van der Waals surface area contributed by atoms with E-state index in [4.69, 9.17) is 5.26 Å². The van der Waals surface area contributed by atoms with Gasteiger partial charge in [0.2, 0.25) is 0 Å². The predicted octanol–water partition coefficient (Wildman–Crippen LogP) is 3.28. The van der Waals surface area contributed by atoms with E-state index in [0.717, 1.165) is 12.1 Å². The van der Waals surface area contributed by atoms with E-state index in [0.29, 0.717) is 5.69 Å². The highest BCUT2D eigenvalue weighted by Gasteiger charge is 2.31. The number of hydrogen-bond acceptors (Lipinski definition) is 3. The Hall–Kier alpha value is -2.36. The summed E-state index contributed by atoms with van der Waals surface area (Å²) in [6, 6.07) is 6.67. The van der Waals surface area contributed by atoms with Crippen LogP contribution in [0.15, 0.2) is 24.3 Å². The third-order valence-corrected chi connectivity index (χ3v) is 2.78. The minimum Gasteiger partial charge on any atom is -0.216 e. The van der Waals surface area contributed by atoms with E-state index in [1.165, 1.54) is 16.8 Å². The first kappa shape index (κ1) is 14.1. The number of alkyl halides is 3. The molecule has 0 aliphatic rings. The van der Waals surface area contributed by atoms with E-state index in [-0.39, 0.29) is 17.3 Å². The van der Waals surface area contributed by atoms with Crippen LogP contribution in [-0.2, 0) is 6.18 Å². The van der Waals surface area contributed by atoms with E-state index in [1.807, 2.05) is 19.9 Å². The van der Waals surface area contributed by atoms with Crippen molar-refractivity contribution in [3.05, 3.63) is 41.2 Å². The molecule has 0 saturated heterocycles. The molecule has 1 heterocycles. The van der Waals surface area contributed by atoms with Crippen LogP contribution in [0.3, 0.4) is 0 Å². The molecule has 0 spiro atoms. The fraction of sp³-hybridized carbons (Fsp3) is 0.308. The summed E-state index contributed by atoms with van der Waals surface area (Å²) in [6.45, 7) is 3.65. The molecule has 0 amide bonds. The molecule has 0 bridgehead atoms. The Bertz CT molecular complexity index is 665. The van der Waals surface area contributed by atoms with Crippen molar-refractivity contribution in [2.24, 2.45) is 0 Å². The Morgan fingerprint density at radius 3 is 2.55 bits per heavy atom. The molecular weight excluding hydrogens is 269 g/mol. The third kappa shape index (κ3) is 2.50. The molecule has 0 radical (unpaired) electrons. The molecule has 20 heavy (non-hydrogen) atoms. The molecule has 4 nitrogen and oxygen atoms in total. The number of aromatic nitrogens is 3. The second-order valence-corrected chi connectivity index (χ2v) is 4.55. The largest absolute Gasteiger partial charge is 0.416 e. The molecule has 0 saturated carbocycles. The first-order chi connectivity index (χ1) is 9.34. The van der Waals surface area contributed by atoms with Gasteiger partial charge in [-0.1, -0.05) is 25.1 Å². The number of nitrogens with zero attached hydrogens (tertiary/aromatic N) is 4. The Morgan fingerprint density at radius 2 is 2.00 bits per heavy atom. The first-order valence-corrected chi connectivity index (χ1v) is 5.88. The topological polar surface area (TPSA) is 54.5 Å². The van der Waals surface area contributed by atoms with Gasteiger partial charge in [-0.2, -0.15) is 18.4 Å². The van der Waals surface area contributed by atoms with E-state index in [1.54, 1.807) is 0 Å². The van der Waals surface area contributed by atoms with Crippen LogP contribution in [0.1, 0.15) is 36.7 Å². The Labute approximate surface area is 113 Å². The normalized spacial score (nSPS) is 11.7. The number of halogens is 3. The lowest BCUT2D eigenvalue weighted by atomic mass is 10.1. The van der Waals surface area contributed by atoms with Gasteiger partial charge in [0.05, 0.1) is 16.9 Å². The van der Waals surface area contributed by atoms with Gasteiger partial charge in [-0.3, -0.25) is 0 Å². The molecule has 2 rings (SSSR count). The summed E-state index contributed by atoms with van der Waals surface area (Å²) in [5.74, 6) is -0.0887. The highest BCUT2D eigenvalue weighted by atomic mass is 19.4. The number of benzene rings is 1. The standard InChI is InChI=1S/C13H11F3N4/c1-8(2)12-11(7-17)18-19-20(12)10-5-3-4-9(6-10)13(14,15)16/h3-6,8H,1-2H3. The minimum absolute atomic E-state index is 0.0887. The fourth-order valence-corrected chi connectivity index (χ4v) is 1.89. The molecule has 1 aromatic carbocycles. The predicted molar refractivity (Wildman–Crippen MR) is 65.2 cm³/mol. The number of hydrogen-bond donors (Lipinski definition) is 0. The molecular formula is C13H11F3N4. The van der Waals surface area contributed by atoms with Crippen molar-refractivity contribution in [2.75, 3.05) is 0 Å². The molecule has 7 heteroatoms. The molecule has 2 aromatic rings. The van der Waals surface area contributed by atoms with Crippen LogP contribution in [-0.4, -0.2) is 15.0 Å². The SMILES string of the molecule is CC(C)c1c(C#N)nnn1-c1cccc(C(F)(F)F)c1. The van der Waals surface area contributed by atoms with Crippen molar-refractivity contribution in [3.63, 3.8) is 0 Å². The quantitative estimate of drug-likeness (QED) is 0.848. The molecule has 1 aromatic heterocycles. The van der Waals surface area contributed by atoms with Crippen LogP contribution in [0.2, 0.25) is 0 Å². The maximum absolute atomic E-state index is 12.7. The van der Waals surface area contributed by atoms with Gasteiger partial charge in [0, 0.05) is 0 Å². The van der Waals surface area contributed by atoms with Gasteiger partial charge in [-0.05, 0) is 24.1 Å². The van der Waals surface area contributed by atoms with Crippen molar-refractivity contribution in [3.8, 4) is 11.8 Å². The van der Waals surface area contributed by atoms with Crippen LogP contribution < -0.4 is 0 Å². The van der Waals surface area contributed by atoms with Gasteiger partial charge in [-0.15, -0.1) is 5.10 Å². The number of rotatable bonds is 2. The van der Waals surface area contributed by atoms with Crippen LogP contribution in [0.25, 0.3) is 5.69 Å². The maximum atomic E-state index is 12.7. The second kappa shape index (κ2) is 4.96. The second-order valence-electron chi connectivity index (χ2n) is 4.55. The first-order valence-electron chi connectivity index (χ1n) is 5.88. The van der Waals surface area contributed by atoms with Gasteiger partial charge in [0.15, 0.2) is 5.69 Å². The summed E-state index contributed by atoms with van der Waals surface area (Å²) in [6.07, 6.45) is -4.42. The molecule has 0 N–H and O–H groups in total. The zero-order valence-electron chi connectivity index (χ0n) is 10.8. The van der Waals surface area contributed by atoms with Crippen molar-refractivity contribution >= 4 is 0 Å². The zero-order valence-corrected chi connectivity index (χ0v) is 10.8. The molecule has 104 valence electrons. The van der Waals surface area contributed by atoms with Gasteiger partial charge >= 0.3 is 6.18 Å². The van der Waals surface area contributed by atoms with Crippen LogP contribution in [0.4, 0.5) is 13.2 Å². The summed E-state index contributed by atoms with van der Waals surface area (Å²) in [7, 11) is 0. The molecule has 0 unspecified atom stereocenters. The Kier molecular flexibility index (Phi) is 3.49. The monoisotopic (exact) mass is 280 g/mol. The lowest BCUT2D eigenvalue weighted by Crippen LogP contribution is -2.09. The van der Waals surface area contributed by atoms with Gasteiger partial charge in [-0.25, -0.2) is 4.68 Å². The lowest BCUT2D eigenvalue weighted by Gasteiger charge is -2.11. The number of nitriles is 1. The molecule has 0 fully saturated rings. The summed E-state index contributed by atoms with van der Waals surface area (Å²) in [5.41, 5.74) is 0.0838. The average Bonchev–Trinajstić information content (AvgIpc) is 2.81. The third-order valence-electron chi connectivity index (χ3n) is 2.78. The van der Waals surface area contributed by atoms with Gasteiger partial charge in [0.1, 0.15) is 6.07 Å². The highest BCUT2D eigenvalue weighted by molar-refractivity contribution is 5.40. The van der Waals surface area contributed by atoms with Crippen LogP contribution in [0.5, 0.6) is 0 Å². The smallest absolute Gasteiger partial charge is 0.216 e. The Balaban J connectivity index is 2.59. The summed E-state index contributed by atoms with van der Waals surface area (Å²) in [5, 5.41) is 16.4. The average molecular weight is 280 g/mol. The van der Waals surface area contributed by atoms with Gasteiger partial charge in [0.25, 0.3) is 0 Å². The summed E-state index contributed by atoms with van der Waals surface area (Å²) in [4.78, 5) is 0. The van der Waals surface area contributed by atoms with Crippen molar-refractivity contribution in [2.45, 2.75) is 25.9 Å². The maximum Gasteiger partial charge on any atom is 0.416 e. The van der Waals surface area contributed by atoms with Crippen molar-refractivity contribution in [1.82, 2.24) is 15.0 Å². The summed E-state index contributed by atoms with van der Waals surface area (Å²) < 4.78 is 39.4. The van der Waals surface area contributed by atoms with Crippen LogP contribution >= 0.6 is 0 Å². The summed E-state index contributed by atoms with van der Waals surface area (Å²) >= 11 is 0. The van der Waals surface area contributed by atoms with Gasteiger partial charge < -0.3 is 0 Å². The highest BCUT2D eigenvalue weighted by Crippen LogP contribution is 2.31. The minimum atomic E-state index is -4.42. The van der Waals surface area contributed by atoms with Crippen molar-refractivity contribution < 1.29 is 13.2 Å². The van der Waals surface area contributed by atoms with E-state index < -0.39 is 11.7 Å². The molecule has 0 aliphatic carbocycles. The Morgan fingerprint density at radius 1 is 1.30 bits per heavy atom. The molecule has 0 aliphatic heterocycles. The van der Waals surface area contributed by atoms with E-state index >= 15 is 0 Å². The van der Waals surface area contributed by atoms with E-state index in [9.17, 15) is 13.2 Å². The van der Waals surface area contributed by atoms with Crippen molar-refractivity contribution in [1.29, 1.82) is 5.26 Å². The fourth-order valence-electron chi connectivity index (χ4n) is 1.89. The van der Waals surface area contributed by atoms with E-state index in [2.05, 4.69) is 10.3 Å². The van der Waals surface area contributed by atoms with Crippen LogP contribution in [0, 0.1) is 11.3 Å². The molecule has 0 atom stereocenters. The zero-order chi connectivity index (χ0) is 14.9.